The highest BCUT2D eigenvalue weighted by Gasteiger charge is 2.15. The van der Waals surface area contributed by atoms with E-state index >= 15 is 0 Å². The van der Waals surface area contributed by atoms with Crippen LogP contribution in [0.15, 0.2) is 53.7 Å². The van der Waals surface area contributed by atoms with Crippen molar-refractivity contribution in [3.8, 4) is 22.9 Å². The third-order valence-electron chi connectivity index (χ3n) is 4.62. The van der Waals surface area contributed by atoms with E-state index in [1.54, 1.807) is 7.11 Å². The molecule has 1 amide bonds. The predicted molar refractivity (Wildman–Crippen MR) is 124 cm³/mol. The molecule has 1 N–H and O–H groups in total. The zero-order valence-electron chi connectivity index (χ0n) is 18.1. The van der Waals surface area contributed by atoms with Crippen molar-refractivity contribution in [1.82, 2.24) is 14.8 Å². The monoisotopic (exact) mass is 440 g/mol. The second-order valence-corrected chi connectivity index (χ2v) is 7.78. The summed E-state index contributed by atoms with van der Waals surface area (Å²) in [7, 11) is 1.61. The van der Waals surface area contributed by atoms with Gasteiger partial charge in [-0.2, -0.15) is 0 Å². The van der Waals surface area contributed by atoms with Gasteiger partial charge < -0.3 is 19.4 Å². The molecule has 0 fully saturated rings. The van der Waals surface area contributed by atoms with Crippen LogP contribution in [0.3, 0.4) is 0 Å². The Labute approximate surface area is 187 Å². The zero-order valence-corrected chi connectivity index (χ0v) is 18.9. The van der Waals surface area contributed by atoms with Crippen LogP contribution in [-0.2, 0) is 11.3 Å². The van der Waals surface area contributed by atoms with Crippen LogP contribution in [0.5, 0.6) is 11.5 Å². The van der Waals surface area contributed by atoms with Crippen molar-refractivity contribution in [2.75, 3.05) is 24.8 Å². The maximum atomic E-state index is 12.3. The molecular formula is C23H28N4O3S. The number of nitrogens with zero attached hydrogens (tertiary/aromatic N) is 3. The molecule has 0 unspecified atom stereocenters. The first kappa shape index (κ1) is 22.7. The average molecular weight is 441 g/mol. The normalized spacial score (nSPS) is 10.7. The first-order chi connectivity index (χ1) is 15.1. The first-order valence-electron chi connectivity index (χ1n) is 10.4. The summed E-state index contributed by atoms with van der Waals surface area (Å²) >= 11 is 1.37. The lowest BCUT2D eigenvalue weighted by atomic mass is 10.2. The van der Waals surface area contributed by atoms with Gasteiger partial charge in [-0.3, -0.25) is 4.79 Å². The van der Waals surface area contributed by atoms with E-state index in [-0.39, 0.29) is 11.7 Å². The van der Waals surface area contributed by atoms with Gasteiger partial charge in [-0.1, -0.05) is 25.1 Å². The number of carbonyl (C=O) groups excluding carboxylic acids is 1. The average Bonchev–Trinajstić information content (AvgIpc) is 3.22. The Balaban J connectivity index is 1.60. The number of anilines is 1. The van der Waals surface area contributed by atoms with Gasteiger partial charge in [0.15, 0.2) is 11.0 Å². The number of thioether (sulfide) groups is 1. The van der Waals surface area contributed by atoms with Crippen molar-refractivity contribution in [3.63, 3.8) is 0 Å². The number of aromatic nitrogens is 3. The summed E-state index contributed by atoms with van der Waals surface area (Å²) in [5.41, 5.74) is 1.69. The van der Waals surface area contributed by atoms with E-state index in [4.69, 9.17) is 9.47 Å². The minimum atomic E-state index is -0.101. The smallest absolute Gasteiger partial charge is 0.234 e. The second-order valence-electron chi connectivity index (χ2n) is 6.84. The largest absolute Gasteiger partial charge is 0.497 e. The van der Waals surface area contributed by atoms with E-state index in [2.05, 4.69) is 22.4 Å². The third-order valence-corrected chi connectivity index (χ3v) is 5.59. The summed E-state index contributed by atoms with van der Waals surface area (Å²) in [6.45, 7) is 5.61. The van der Waals surface area contributed by atoms with Crippen molar-refractivity contribution in [2.45, 2.75) is 38.4 Å². The molecule has 3 aromatic rings. The lowest BCUT2D eigenvalue weighted by Gasteiger charge is -2.09. The highest BCUT2D eigenvalue weighted by Crippen LogP contribution is 2.26. The van der Waals surface area contributed by atoms with Crippen LogP contribution in [0.2, 0.25) is 0 Å². The fourth-order valence-corrected chi connectivity index (χ4v) is 3.73. The van der Waals surface area contributed by atoms with Gasteiger partial charge in [-0.15, -0.1) is 10.2 Å². The molecule has 7 nitrogen and oxygen atoms in total. The molecule has 0 bridgehead atoms. The number of carbonyl (C=O) groups is 1. The van der Waals surface area contributed by atoms with Crippen LogP contribution in [0.25, 0.3) is 11.4 Å². The third kappa shape index (κ3) is 6.24. The molecule has 0 saturated heterocycles. The van der Waals surface area contributed by atoms with E-state index in [0.717, 1.165) is 48.0 Å². The molecule has 2 aromatic carbocycles. The van der Waals surface area contributed by atoms with Gasteiger partial charge in [-0.25, -0.2) is 0 Å². The molecule has 1 aromatic heterocycles. The molecule has 0 spiro atoms. The number of ether oxygens (including phenoxy) is 2. The van der Waals surface area contributed by atoms with Gasteiger partial charge in [-0.05, 0) is 61.9 Å². The fraction of sp³-hybridized carbons (Fsp3) is 0.348. The van der Waals surface area contributed by atoms with Crippen LogP contribution in [0.1, 0.15) is 26.7 Å². The zero-order chi connectivity index (χ0) is 22.1. The molecule has 0 aliphatic rings. The summed E-state index contributed by atoms with van der Waals surface area (Å²) in [4.78, 5) is 12.3. The SMILES string of the molecule is CCCCOc1ccc(-c2nnc(SCC(=O)Nc3ccc(OC)cc3)n2CC)cc1. The minimum Gasteiger partial charge on any atom is -0.497 e. The number of rotatable bonds is 11. The van der Waals surface area contributed by atoms with Gasteiger partial charge in [0.05, 0.1) is 19.5 Å². The number of amides is 1. The fourth-order valence-electron chi connectivity index (χ4n) is 2.93. The van der Waals surface area contributed by atoms with Crippen molar-refractivity contribution in [2.24, 2.45) is 0 Å². The Kier molecular flexibility index (Phi) is 8.35. The highest BCUT2D eigenvalue weighted by molar-refractivity contribution is 7.99. The lowest BCUT2D eigenvalue weighted by molar-refractivity contribution is -0.113. The number of methoxy groups -OCH3 is 1. The van der Waals surface area contributed by atoms with Crippen molar-refractivity contribution in [1.29, 1.82) is 0 Å². The number of nitrogens with one attached hydrogen (secondary N) is 1. The molecule has 31 heavy (non-hydrogen) atoms. The number of unbranched alkanes of at least 4 members (excludes halogenated alkanes) is 1. The van der Waals surface area contributed by atoms with Crippen LogP contribution in [-0.4, -0.2) is 40.1 Å². The second kappa shape index (κ2) is 11.4. The van der Waals surface area contributed by atoms with Gasteiger partial charge in [0.25, 0.3) is 0 Å². The lowest BCUT2D eigenvalue weighted by Crippen LogP contribution is -2.14. The van der Waals surface area contributed by atoms with Crippen LogP contribution >= 0.6 is 11.8 Å². The van der Waals surface area contributed by atoms with Crippen molar-refractivity contribution >= 4 is 23.4 Å². The molecule has 8 heteroatoms. The van der Waals surface area contributed by atoms with Gasteiger partial charge in [0, 0.05) is 17.8 Å². The number of hydrogen-bond donors (Lipinski definition) is 1. The van der Waals surface area contributed by atoms with Gasteiger partial charge in [0.2, 0.25) is 5.91 Å². The molecule has 0 radical (unpaired) electrons. The Bertz CT molecular complexity index is 971. The van der Waals surface area contributed by atoms with Crippen molar-refractivity contribution in [3.05, 3.63) is 48.5 Å². The molecule has 0 saturated carbocycles. The minimum absolute atomic E-state index is 0.101. The highest BCUT2D eigenvalue weighted by atomic mass is 32.2. The summed E-state index contributed by atoms with van der Waals surface area (Å²) in [6.07, 6.45) is 2.15. The van der Waals surface area contributed by atoms with Gasteiger partial charge in [0.1, 0.15) is 11.5 Å². The maximum Gasteiger partial charge on any atom is 0.234 e. The Morgan fingerprint density at radius 1 is 1.03 bits per heavy atom. The van der Waals surface area contributed by atoms with Crippen LogP contribution in [0, 0.1) is 0 Å². The number of benzene rings is 2. The Morgan fingerprint density at radius 3 is 2.39 bits per heavy atom. The summed E-state index contributed by atoms with van der Waals surface area (Å²) in [5.74, 6) is 2.52. The van der Waals surface area contributed by atoms with Gasteiger partial charge >= 0.3 is 0 Å². The molecule has 0 aliphatic carbocycles. The van der Waals surface area contributed by atoms with Crippen LogP contribution < -0.4 is 14.8 Å². The Morgan fingerprint density at radius 2 is 1.74 bits per heavy atom. The molecule has 164 valence electrons. The summed E-state index contributed by atoms with van der Waals surface area (Å²) in [6, 6.07) is 15.1. The Hall–Kier alpha value is -3.00. The first-order valence-corrected chi connectivity index (χ1v) is 11.4. The summed E-state index contributed by atoms with van der Waals surface area (Å²) in [5, 5.41) is 12.2. The molecule has 0 atom stereocenters. The van der Waals surface area contributed by atoms with Crippen molar-refractivity contribution < 1.29 is 14.3 Å². The van der Waals surface area contributed by atoms with E-state index in [1.165, 1.54) is 11.8 Å². The van der Waals surface area contributed by atoms with E-state index in [0.29, 0.717) is 11.7 Å². The number of hydrogen-bond acceptors (Lipinski definition) is 6. The molecule has 3 rings (SSSR count). The van der Waals surface area contributed by atoms with E-state index < -0.39 is 0 Å². The topological polar surface area (TPSA) is 78.3 Å². The molecular weight excluding hydrogens is 412 g/mol. The van der Waals surface area contributed by atoms with E-state index in [9.17, 15) is 4.79 Å². The van der Waals surface area contributed by atoms with Crippen LogP contribution in [0.4, 0.5) is 5.69 Å². The predicted octanol–water partition coefficient (Wildman–Crippen LogP) is 4.88. The summed E-state index contributed by atoms with van der Waals surface area (Å²) < 4.78 is 12.9. The maximum absolute atomic E-state index is 12.3. The quantitative estimate of drug-likeness (QED) is 0.338. The molecule has 1 heterocycles. The standard InChI is InChI=1S/C23H28N4O3S/c1-4-6-15-30-20-11-7-17(8-12-20)22-25-26-23(27(22)5-2)31-16-21(28)24-18-9-13-19(29-3)14-10-18/h7-14H,4-6,15-16H2,1-3H3,(H,24,28). The molecule has 0 aliphatic heterocycles. The van der Waals surface area contributed by atoms with E-state index in [1.807, 2.05) is 60.0 Å².